The fourth-order valence-corrected chi connectivity index (χ4v) is 3.50. The number of halogens is 2. The number of ether oxygens (including phenoxy) is 1. The molecule has 0 radical (unpaired) electrons. The van der Waals surface area contributed by atoms with Gasteiger partial charge in [0, 0.05) is 25.7 Å². The van der Waals surface area contributed by atoms with Crippen LogP contribution in [0.15, 0.2) is 30.7 Å². The van der Waals surface area contributed by atoms with Gasteiger partial charge in [0.2, 0.25) is 0 Å². The number of rotatable bonds is 3. The van der Waals surface area contributed by atoms with E-state index >= 15 is 0 Å². The van der Waals surface area contributed by atoms with Gasteiger partial charge in [-0.25, -0.2) is 28.2 Å². The van der Waals surface area contributed by atoms with Gasteiger partial charge >= 0.3 is 0 Å². The zero-order chi connectivity index (χ0) is 18.4. The Bertz CT molecular complexity index is 988. The number of aromatic nitrogens is 5. The smallest absolute Gasteiger partial charge is 0.282 e. The standard InChI is InChI=1S/C17H17F2N7O/c18-16(19)11-1-2-14-21-6-13(26(14)24-11)12-5-15(23-10-22-12)25-3-4-27-17(9-25)7-20-8-17/h1-2,5-6,10,16,20H,3-4,7-9H2. The number of nitrogens with zero attached hydrogens (tertiary/aromatic N) is 6. The second kappa shape index (κ2) is 6.17. The van der Waals surface area contributed by atoms with Gasteiger partial charge in [-0.3, -0.25) is 0 Å². The molecular weight excluding hydrogens is 356 g/mol. The summed E-state index contributed by atoms with van der Waals surface area (Å²) < 4.78 is 33.3. The van der Waals surface area contributed by atoms with Crippen LogP contribution in [0.2, 0.25) is 0 Å². The Morgan fingerprint density at radius 1 is 1.19 bits per heavy atom. The number of nitrogens with one attached hydrogen (secondary N) is 1. The van der Waals surface area contributed by atoms with Gasteiger partial charge in [-0.05, 0) is 12.1 Å². The van der Waals surface area contributed by atoms with Gasteiger partial charge in [0.15, 0.2) is 5.65 Å². The van der Waals surface area contributed by atoms with Gasteiger partial charge in [-0.2, -0.15) is 5.10 Å². The van der Waals surface area contributed by atoms with Crippen molar-refractivity contribution < 1.29 is 13.5 Å². The van der Waals surface area contributed by atoms with Crippen LogP contribution in [-0.2, 0) is 4.74 Å². The first kappa shape index (κ1) is 16.5. The van der Waals surface area contributed by atoms with E-state index < -0.39 is 6.43 Å². The summed E-state index contributed by atoms with van der Waals surface area (Å²) in [5.74, 6) is 0.773. The van der Waals surface area contributed by atoms with Crippen LogP contribution in [0.1, 0.15) is 12.1 Å². The molecule has 5 heterocycles. The third-order valence-electron chi connectivity index (χ3n) is 4.99. The second-order valence-electron chi connectivity index (χ2n) is 6.79. The number of anilines is 1. The zero-order valence-electron chi connectivity index (χ0n) is 14.3. The van der Waals surface area contributed by atoms with Crippen LogP contribution in [0, 0.1) is 0 Å². The molecular formula is C17H17F2N7O. The number of hydrogen-bond acceptors (Lipinski definition) is 7. The average Bonchev–Trinajstić information content (AvgIpc) is 3.10. The minimum Gasteiger partial charge on any atom is -0.369 e. The van der Waals surface area contributed by atoms with Gasteiger partial charge in [-0.1, -0.05) is 0 Å². The highest BCUT2D eigenvalue weighted by molar-refractivity contribution is 5.62. The van der Waals surface area contributed by atoms with Crippen molar-refractivity contribution in [2.45, 2.75) is 12.0 Å². The Labute approximate surface area is 153 Å². The highest BCUT2D eigenvalue weighted by atomic mass is 19.3. The van der Waals surface area contributed by atoms with Crippen molar-refractivity contribution in [2.75, 3.05) is 37.7 Å². The first-order valence-corrected chi connectivity index (χ1v) is 8.68. The lowest BCUT2D eigenvalue weighted by Crippen LogP contribution is -2.69. The van der Waals surface area contributed by atoms with Crippen molar-refractivity contribution >= 4 is 11.5 Å². The highest BCUT2D eigenvalue weighted by Crippen LogP contribution is 2.28. The lowest BCUT2D eigenvalue weighted by molar-refractivity contribution is -0.0883. The second-order valence-corrected chi connectivity index (χ2v) is 6.79. The normalized spacial score (nSPS) is 19.0. The van der Waals surface area contributed by atoms with Gasteiger partial charge in [0.1, 0.15) is 29.1 Å². The predicted octanol–water partition coefficient (Wildman–Crippen LogP) is 1.30. The zero-order valence-corrected chi connectivity index (χ0v) is 14.3. The Morgan fingerprint density at radius 2 is 2.07 bits per heavy atom. The van der Waals surface area contributed by atoms with Crippen LogP contribution in [0.3, 0.4) is 0 Å². The summed E-state index contributed by atoms with van der Waals surface area (Å²) in [4.78, 5) is 15.1. The number of morpholine rings is 1. The molecule has 0 aliphatic carbocycles. The number of alkyl halides is 2. The summed E-state index contributed by atoms with van der Waals surface area (Å²) in [6.07, 6.45) is 0.411. The highest BCUT2D eigenvalue weighted by Gasteiger charge is 2.42. The van der Waals surface area contributed by atoms with Gasteiger partial charge in [0.05, 0.1) is 25.0 Å². The molecule has 2 saturated heterocycles. The lowest BCUT2D eigenvalue weighted by Gasteiger charge is -2.49. The molecule has 3 aromatic heterocycles. The molecule has 0 unspecified atom stereocenters. The van der Waals surface area contributed by atoms with Crippen LogP contribution in [0.25, 0.3) is 17.0 Å². The fourth-order valence-electron chi connectivity index (χ4n) is 3.50. The third-order valence-corrected chi connectivity index (χ3v) is 4.99. The van der Waals surface area contributed by atoms with E-state index in [9.17, 15) is 8.78 Å². The summed E-state index contributed by atoms with van der Waals surface area (Å²) in [6, 6.07) is 4.64. The molecule has 1 spiro atoms. The van der Waals surface area contributed by atoms with Crippen LogP contribution < -0.4 is 10.2 Å². The summed E-state index contributed by atoms with van der Waals surface area (Å²) >= 11 is 0. The molecule has 10 heteroatoms. The molecule has 0 bridgehead atoms. The quantitative estimate of drug-likeness (QED) is 0.741. The molecule has 2 fully saturated rings. The Hall–Kier alpha value is -2.72. The van der Waals surface area contributed by atoms with E-state index in [0.717, 1.165) is 32.0 Å². The van der Waals surface area contributed by atoms with Gasteiger partial charge in [0.25, 0.3) is 6.43 Å². The fraction of sp³-hybridized carbons (Fsp3) is 0.412. The van der Waals surface area contributed by atoms with Crippen LogP contribution >= 0.6 is 0 Å². The largest absolute Gasteiger partial charge is 0.369 e. The first-order valence-electron chi connectivity index (χ1n) is 8.68. The van der Waals surface area contributed by atoms with Crippen molar-refractivity contribution in [3.05, 3.63) is 36.4 Å². The average molecular weight is 373 g/mol. The lowest BCUT2D eigenvalue weighted by atomic mass is 9.94. The number of imidazole rings is 1. The summed E-state index contributed by atoms with van der Waals surface area (Å²) in [5.41, 5.74) is 1.16. The van der Waals surface area contributed by atoms with Crippen molar-refractivity contribution in [2.24, 2.45) is 0 Å². The van der Waals surface area contributed by atoms with Crippen LogP contribution in [0.5, 0.6) is 0 Å². The van der Waals surface area contributed by atoms with E-state index in [1.165, 1.54) is 23.0 Å². The molecule has 2 aliphatic heterocycles. The topological polar surface area (TPSA) is 80.5 Å². The monoisotopic (exact) mass is 373 g/mol. The maximum Gasteiger partial charge on any atom is 0.282 e. The summed E-state index contributed by atoms with van der Waals surface area (Å²) in [6.45, 7) is 3.77. The Kier molecular flexibility index (Phi) is 3.76. The maximum atomic E-state index is 13.0. The van der Waals surface area contributed by atoms with Crippen LogP contribution in [0.4, 0.5) is 14.6 Å². The third kappa shape index (κ3) is 2.81. The molecule has 27 heavy (non-hydrogen) atoms. The van der Waals surface area contributed by atoms with Crippen molar-refractivity contribution in [3.63, 3.8) is 0 Å². The van der Waals surface area contributed by atoms with E-state index in [2.05, 4.69) is 30.3 Å². The van der Waals surface area contributed by atoms with Crippen LogP contribution in [-0.4, -0.2) is 63.0 Å². The van der Waals surface area contributed by atoms with E-state index in [0.29, 0.717) is 23.6 Å². The van der Waals surface area contributed by atoms with Crippen molar-refractivity contribution in [1.82, 2.24) is 29.9 Å². The molecule has 5 rings (SSSR count). The molecule has 0 atom stereocenters. The maximum absolute atomic E-state index is 13.0. The van der Waals surface area contributed by atoms with Crippen molar-refractivity contribution in [3.8, 4) is 11.4 Å². The predicted molar refractivity (Wildman–Crippen MR) is 92.7 cm³/mol. The summed E-state index contributed by atoms with van der Waals surface area (Å²) in [7, 11) is 0. The Morgan fingerprint density at radius 3 is 2.85 bits per heavy atom. The molecule has 0 amide bonds. The number of hydrogen-bond donors (Lipinski definition) is 1. The Balaban J connectivity index is 1.50. The SMILES string of the molecule is FC(F)c1ccc2ncc(-c3cc(N4CCOC5(CNC5)C4)ncn3)n2n1. The number of fused-ring (bicyclic) bond motifs is 1. The van der Waals surface area contributed by atoms with Gasteiger partial charge < -0.3 is 15.0 Å². The van der Waals surface area contributed by atoms with E-state index in [1.807, 2.05) is 6.07 Å². The molecule has 3 aromatic rings. The molecule has 0 aromatic carbocycles. The molecule has 1 N–H and O–H groups in total. The first-order chi connectivity index (χ1) is 13.1. The molecule has 8 nitrogen and oxygen atoms in total. The molecule has 0 saturated carbocycles. The van der Waals surface area contributed by atoms with E-state index in [-0.39, 0.29) is 11.3 Å². The van der Waals surface area contributed by atoms with Crippen molar-refractivity contribution in [1.29, 1.82) is 0 Å². The molecule has 2 aliphatic rings. The van der Waals surface area contributed by atoms with E-state index in [4.69, 9.17) is 4.74 Å². The summed E-state index contributed by atoms with van der Waals surface area (Å²) in [5, 5.41) is 7.25. The van der Waals surface area contributed by atoms with Gasteiger partial charge in [-0.15, -0.1) is 0 Å². The van der Waals surface area contributed by atoms with E-state index in [1.54, 1.807) is 6.20 Å². The minimum absolute atomic E-state index is 0.152. The minimum atomic E-state index is -2.65. The molecule has 140 valence electrons.